The van der Waals surface area contributed by atoms with Gasteiger partial charge in [0.1, 0.15) is 5.82 Å². The van der Waals surface area contributed by atoms with E-state index in [0.717, 1.165) is 5.56 Å². The Kier molecular flexibility index (Phi) is 9.62. The number of halogens is 3. The molecule has 0 radical (unpaired) electrons. The predicted octanol–water partition coefficient (Wildman–Crippen LogP) is 3.08. The first-order valence-electron chi connectivity index (χ1n) is 8.98. The van der Waals surface area contributed by atoms with Gasteiger partial charge in [0.25, 0.3) is 0 Å². The SMILES string of the molecule is CN=C(NCCN1C(=O)CCCC1=O)NCC(C)(C)c1ccc(F)cc1Cl.I. The van der Waals surface area contributed by atoms with Crippen molar-refractivity contribution in [3.05, 3.63) is 34.6 Å². The van der Waals surface area contributed by atoms with Crippen molar-refractivity contribution in [1.82, 2.24) is 15.5 Å². The van der Waals surface area contributed by atoms with Crippen molar-refractivity contribution in [2.24, 2.45) is 4.99 Å². The molecule has 0 aliphatic carbocycles. The minimum Gasteiger partial charge on any atom is -0.356 e. The van der Waals surface area contributed by atoms with Crippen molar-refractivity contribution in [3.8, 4) is 0 Å². The Morgan fingerprint density at radius 1 is 1.25 bits per heavy atom. The maximum absolute atomic E-state index is 13.3. The van der Waals surface area contributed by atoms with Gasteiger partial charge in [-0.25, -0.2) is 4.39 Å². The topological polar surface area (TPSA) is 73.8 Å². The molecule has 6 nitrogen and oxygen atoms in total. The third-order valence-electron chi connectivity index (χ3n) is 4.59. The molecule has 2 rings (SSSR count). The van der Waals surface area contributed by atoms with Gasteiger partial charge in [0.05, 0.1) is 0 Å². The molecule has 0 bridgehead atoms. The summed E-state index contributed by atoms with van der Waals surface area (Å²) in [5.41, 5.74) is 0.472. The lowest BCUT2D eigenvalue weighted by Gasteiger charge is -2.28. The smallest absolute Gasteiger partial charge is 0.229 e. The second-order valence-corrected chi connectivity index (χ2v) is 7.56. The van der Waals surface area contributed by atoms with Gasteiger partial charge in [-0.1, -0.05) is 31.5 Å². The second-order valence-electron chi connectivity index (χ2n) is 7.15. The first-order chi connectivity index (χ1) is 12.7. The number of carbonyl (C=O) groups is 2. The summed E-state index contributed by atoms with van der Waals surface area (Å²) in [4.78, 5) is 29.1. The Bertz CT molecular complexity index is 727. The number of carbonyl (C=O) groups excluding carboxylic acids is 2. The van der Waals surface area contributed by atoms with Crippen LogP contribution in [0.2, 0.25) is 5.02 Å². The lowest BCUT2D eigenvalue weighted by atomic mass is 9.84. The van der Waals surface area contributed by atoms with Crippen LogP contribution in [0.25, 0.3) is 0 Å². The quantitative estimate of drug-likeness (QED) is 0.260. The van der Waals surface area contributed by atoms with E-state index in [-0.39, 0.29) is 47.0 Å². The van der Waals surface area contributed by atoms with Crippen LogP contribution in [0, 0.1) is 5.82 Å². The molecule has 1 aliphatic heterocycles. The molecule has 0 atom stereocenters. The molecule has 9 heteroatoms. The molecule has 0 unspecified atom stereocenters. The summed E-state index contributed by atoms with van der Waals surface area (Å²) in [7, 11) is 1.64. The first-order valence-corrected chi connectivity index (χ1v) is 9.35. The Hall–Kier alpha value is -1.42. The molecule has 1 fully saturated rings. The zero-order valence-electron chi connectivity index (χ0n) is 16.3. The summed E-state index contributed by atoms with van der Waals surface area (Å²) in [6.45, 7) is 5.23. The number of imide groups is 1. The van der Waals surface area contributed by atoms with Crippen LogP contribution in [0.1, 0.15) is 38.7 Å². The van der Waals surface area contributed by atoms with Crippen LogP contribution < -0.4 is 10.6 Å². The zero-order chi connectivity index (χ0) is 20.0. The van der Waals surface area contributed by atoms with Gasteiger partial charge in [0.15, 0.2) is 5.96 Å². The van der Waals surface area contributed by atoms with Crippen LogP contribution in [0.5, 0.6) is 0 Å². The van der Waals surface area contributed by atoms with E-state index in [9.17, 15) is 14.0 Å². The van der Waals surface area contributed by atoms with Gasteiger partial charge in [0, 0.05) is 50.0 Å². The fourth-order valence-corrected chi connectivity index (χ4v) is 3.42. The number of guanidine groups is 1. The number of nitrogens with one attached hydrogen (secondary N) is 2. The summed E-state index contributed by atoms with van der Waals surface area (Å²) in [5.74, 6) is -0.0591. The standard InChI is InChI=1S/C19H26ClFN4O2.HI/c1-19(2,14-8-7-13(21)11-15(14)20)12-24-18(22-3)23-9-10-25-16(26)5-4-6-17(25)27;/h7-8,11H,4-6,9-10,12H2,1-3H3,(H2,22,23,24);1H. The van der Waals surface area contributed by atoms with Crippen molar-refractivity contribution in [3.63, 3.8) is 0 Å². The average Bonchev–Trinajstić information content (AvgIpc) is 2.59. The van der Waals surface area contributed by atoms with Crippen LogP contribution in [0.15, 0.2) is 23.2 Å². The number of hydrogen-bond donors (Lipinski definition) is 2. The van der Waals surface area contributed by atoms with Crippen LogP contribution in [0.3, 0.4) is 0 Å². The number of amides is 2. The summed E-state index contributed by atoms with van der Waals surface area (Å²) in [6, 6.07) is 4.38. The molecular formula is C19H27ClFIN4O2. The van der Waals surface area contributed by atoms with Crippen LogP contribution >= 0.6 is 35.6 Å². The average molecular weight is 525 g/mol. The van der Waals surface area contributed by atoms with Gasteiger partial charge >= 0.3 is 0 Å². The molecule has 0 aromatic heterocycles. The highest BCUT2D eigenvalue weighted by Gasteiger charge is 2.26. The summed E-state index contributed by atoms with van der Waals surface area (Å²) >= 11 is 6.18. The van der Waals surface area contributed by atoms with Crippen molar-refractivity contribution >= 4 is 53.4 Å². The molecule has 1 heterocycles. The third kappa shape index (κ3) is 6.58. The number of piperidine rings is 1. The molecule has 28 heavy (non-hydrogen) atoms. The molecule has 1 aliphatic rings. The largest absolute Gasteiger partial charge is 0.356 e. The molecule has 2 amide bonds. The Labute approximate surface area is 187 Å². The van der Waals surface area contributed by atoms with E-state index in [2.05, 4.69) is 15.6 Å². The normalized spacial score (nSPS) is 15.3. The van der Waals surface area contributed by atoms with E-state index in [4.69, 9.17) is 11.6 Å². The fraction of sp³-hybridized carbons (Fsp3) is 0.526. The number of benzene rings is 1. The van der Waals surface area contributed by atoms with Gasteiger partial charge in [-0.2, -0.15) is 0 Å². The second kappa shape index (κ2) is 10.9. The molecule has 0 spiro atoms. The van der Waals surface area contributed by atoms with Gasteiger partial charge in [0.2, 0.25) is 11.8 Å². The van der Waals surface area contributed by atoms with Gasteiger partial charge in [-0.05, 0) is 24.1 Å². The van der Waals surface area contributed by atoms with E-state index < -0.39 is 0 Å². The van der Waals surface area contributed by atoms with Crippen LogP contribution in [-0.4, -0.2) is 49.4 Å². The molecule has 156 valence electrons. The minimum atomic E-state index is -0.369. The molecule has 2 N–H and O–H groups in total. The van der Waals surface area contributed by atoms with Crippen molar-refractivity contribution < 1.29 is 14.0 Å². The van der Waals surface area contributed by atoms with E-state index in [1.54, 1.807) is 13.1 Å². The van der Waals surface area contributed by atoms with Crippen molar-refractivity contribution in [2.75, 3.05) is 26.7 Å². The number of nitrogens with zero attached hydrogens (tertiary/aromatic N) is 2. The first kappa shape index (κ1) is 24.6. The Morgan fingerprint density at radius 2 is 1.89 bits per heavy atom. The van der Waals surface area contributed by atoms with Crippen LogP contribution in [-0.2, 0) is 15.0 Å². The molecule has 0 saturated carbocycles. The summed E-state index contributed by atoms with van der Waals surface area (Å²) < 4.78 is 13.3. The number of likely N-dealkylation sites (tertiary alicyclic amines) is 1. The van der Waals surface area contributed by atoms with Gasteiger partial charge < -0.3 is 10.6 Å². The van der Waals surface area contributed by atoms with E-state index in [1.807, 2.05) is 13.8 Å². The predicted molar refractivity (Wildman–Crippen MR) is 120 cm³/mol. The Morgan fingerprint density at radius 3 is 2.46 bits per heavy atom. The highest BCUT2D eigenvalue weighted by atomic mass is 127. The van der Waals surface area contributed by atoms with Crippen LogP contribution in [0.4, 0.5) is 4.39 Å². The summed E-state index contributed by atoms with van der Waals surface area (Å²) in [6.07, 6.45) is 1.47. The van der Waals surface area contributed by atoms with Gasteiger partial charge in [-0.3, -0.25) is 19.5 Å². The zero-order valence-corrected chi connectivity index (χ0v) is 19.4. The lowest BCUT2D eigenvalue weighted by Crippen LogP contribution is -2.48. The Balaban J connectivity index is 0.00000392. The minimum absolute atomic E-state index is 0. The molecule has 1 saturated heterocycles. The van der Waals surface area contributed by atoms with E-state index in [1.165, 1.54) is 17.0 Å². The highest BCUT2D eigenvalue weighted by Crippen LogP contribution is 2.29. The maximum atomic E-state index is 13.3. The summed E-state index contributed by atoms with van der Waals surface area (Å²) in [5, 5.41) is 6.70. The molecule has 1 aromatic carbocycles. The lowest BCUT2D eigenvalue weighted by molar-refractivity contribution is -0.147. The van der Waals surface area contributed by atoms with Crippen molar-refractivity contribution in [1.29, 1.82) is 0 Å². The highest BCUT2D eigenvalue weighted by molar-refractivity contribution is 14.0. The molecule has 1 aromatic rings. The molecular weight excluding hydrogens is 498 g/mol. The number of hydrogen-bond acceptors (Lipinski definition) is 3. The third-order valence-corrected chi connectivity index (χ3v) is 4.91. The number of aliphatic imine (C=N–C) groups is 1. The fourth-order valence-electron chi connectivity index (χ4n) is 2.99. The maximum Gasteiger partial charge on any atom is 0.229 e. The van der Waals surface area contributed by atoms with Crippen molar-refractivity contribution in [2.45, 2.75) is 38.5 Å². The van der Waals surface area contributed by atoms with Gasteiger partial charge in [-0.15, -0.1) is 24.0 Å². The monoisotopic (exact) mass is 524 g/mol. The van der Waals surface area contributed by atoms with E-state index in [0.29, 0.717) is 49.9 Å². The number of rotatable bonds is 6. The van der Waals surface area contributed by atoms with E-state index >= 15 is 0 Å².